The topological polar surface area (TPSA) is 39.9 Å². The zero-order valence-electron chi connectivity index (χ0n) is 13.1. The van der Waals surface area contributed by atoms with Gasteiger partial charge >= 0.3 is 0 Å². The number of pyridine rings is 1. The molecular formula is C18H23N3. The average molecular weight is 281 g/mol. The van der Waals surface area contributed by atoms with Crippen LogP contribution in [-0.2, 0) is 0 Å². The normalized spacial score (nSPS) is 10.8. The smallest absolute Gasteiger partial charge is 0.103 e. The van der Waals surface area contributed by atoms with Gasteiger partial charge in [-0.1, -0.05) is 38.0 Å². The van der Waals surface area contributed by atoms with Crippen molar-refractivity contribution in [2.75, 3.05) is 11.4 Å². The number of benzene rings is 1. The van der Waals surface area contributed by atoms with E-state index in [1.165, 1.54) is 12.8 Å². The fourth-order valence-electron chi connectivity index (χ4n) is 2.68. The Kier molecular flexibility index (Phi) is 5.16. The van der Waals surface area contributed by atoms with Crippen molar-refractivity contribution in [3.8, 4) is 6.07 Å². The molecule has 21 heavy (non-hydrogen) atoms. The molecule has 0 bridgehead atoms. The molecule has 0 unspecified atom stereocenters. The first kappa shape index (κ1) is 15.3. The van der Waals surface area contributed by atoms with Crippen molar-refractivity contribution in [2.45, 2.75) is 46.1 Å². The number of nitrogens with zero attached hydrogens (tertiary/aromatic N) is 3. The Morgan fingerprint density at radius 2 is 2.00 bits per heavy atom. The number of hydrogen-bond acceptors (Lipinski definition) is 3. The number of anilines is 1. The first-order chi connectivity index (χ1) is 10.2. The highest BCUT2D eigenvalue weighted by Gasteiger charge is 2.18. The third-order valence-corrected chi connectivity index (χ3v) is 3.78. The van der Waals surface area contributed by atoms with E-state index in [0.29, 0.717) is 11.6 Å². The lowest BCUT2D eigenvalue weighted by Crippen LogP contribution is -2.32. The first-order valence-electron chi connectivity index (χ1n) is 7.73. The molecule has 0 fully saturated rings. The van der Waals surface area contributed by atoms with Crippen LogP contribution in [0.5, 0.6) is 0 Å². The SMILES string of the molecule is CCCCCN(c1c(C#N)cnc2ccccc12)C(C)C. The maximum Gasteiger partial charge on any atom is 0.103 e. The summed E-state index contributed by atoms with van der Waals surface area (Å²) in [6.07, 6.45) is 5.27. The molecule has 3 nitrogen and oxygen atoms in total. The van der Waals surface area contributed by atoms with Crippen molar-refractivity contribution >= 4 is 16.6 Å². The fraction of sp³-hybridized carbons (Fsp3) is 0.444. The van der Waals surface area contributed by atoms with Crippen LogP contribution in [0.3, 0.4) is 0 Å². The highest BCUT2D eigenvalue weighted by Crippen LogP contribution is 2.30. The minimum atomic E-state index is 0.361. The Bertz CT molecular complexity index is 640. The molecule has 2 rings (SSSR count). The average Bonchev–Trinajstić information content (AvgIpc) is 2.50. The van der Waals surface area contributed by atoms with Gasteiger partial charge in [-0.05, 0) is 26.3 Å². The summed E-state index contributed by atoms with van der Waals surface area (Å²) in [5.41, 5.74) is 2.65. The summed E-state index contributed by atoms with van der Waals surface area (Å²) in [6, 6.07) is 10.7. The lowest BCUT2D eigenvalue weighted by atomic mass is 10.1. The fourth-order valence-corrected chi connectivity index (χ4v) is 2.68. The van der Waals surface area contributed by atoms with Crippen molar-refractivity contribution in [3.63, 3.8) is 0 Å². The van der Waals surface area contributed by atoms with Crippen LogP contribution in [0, 0.1) is 11.3 Å². The molecule has 0 atom stereocenters. The molecule has 0 amide bonds. The third-order valence-electron chi connectivity index (χ3n) is 3.78. The molecule has 3 heteroatoms. The highest BCUT2D eigenvalue weighted by atomic mass is 15.2. The van der Waals surface area contributed by atoms with Crippen LogP contribution in [0.15, 0.2) is 30.5 Å². The van der Waals surface area contributed by atoms with E-state index in [1.807, 2.05) is 18.2 Å². The molecule has 0 spiro atoms. The van der Waals surface area contributed by atoms with Gasteiger partial charge < -0.3 is 4.90 Å². The van der Waals surface area contributed by atoms with E-state index < -0.39 is 0 Å². The number of rotatable bonds is 6. The third kappa shape index (κ3) is 3.33. The predicted molar refractivity (Wildman–Crippen MR) is 88.5 cm³/mol. The van der Waals surface area contributed by atoms with Crippen LogP contribution in [0.1, 0.15) is 45.6 Å². The van der Waals surface area contributed by atoms with Crippen LogP contribution < -0.4 is 4.90 Å². The van der Waals surface area contributed by atoms with E-state index in [2.05, 4.69) is 42.8 Å². The Hall–Kier alpha value is -2.08. The molecule has 0 saturated carbocycles. The monoisotopic (exact) mass is 281 g/mol. The predicted octanol–water partition coefficient (Wildman–Crippen LogP) is 4.51. The van der Waals surface area contributed by atoms with Crippen LogP contribution in [0.4, 0.5) is 5.69 Å². The van der Waals surface area contributed by atoms with Crippen molar-refractivity contribution in [1.29, 1.82) is 5.26 Å². The van der Waals surface area contributed by atoms with Crippen LogP contribution in [-0.4, -0.2) is 17.6 Å². The van der Waals surface area contributed by atoms with Gasteiger partial charge in [-0.2, -0.15) is 5.26 Å². The largest absolute Gasteiger partial charge is 0.367 e. The van der Waals surface area contributed by atoms with Crippen LogP contribution in [0.2, 0.25) is 0 Å². The summed E-state index contributed by atoms with van der Waals surface area (Å²) in [6.45, 7) is 7.56. The van der Waals surface area contributed by atoms with Gasteiger partial charge in [-0.15, -0.1) is 0 Å². The number of para-hydroxylation sites is 1. The van der Waals surface area contributed by atoms with Gasteiger partial charge in [-0.3, -0.25) is 4.98 Å². The number of unbranched alkanes of at least 4 members (excludes halogenated alkanes) is 2. The zero-order chi connectivity index (χ0) is 15.2. The number of fused-ring (bicyclic) bond motifs is 1. The molecular weight excluding hydrogens is 258 g/mol. The summed E-state index contributed by atoms with van der Waals surface area (Å²) in [5, 5.41) is 10.5. The summed E-state index contributed by atoms with van der Waals surface area (Å²) in [4.78, 5) is 6.75. The Balaban J connectivity index is 2.52. The second kappa shape index (κ2) is 7.08. The molecule has 0 aliphatic heterocycles. The van der Waals surface area contributed by atoms with E-state index in [4.69, 9.17) is 0 Å². The van der Waals surface area contributed by atoms with Gasteiger partial charge in [0.05, 0.1) is 16.8 Å². The molecule has 0 radical (unpaired) electrons. The summed E-state index contributed by atoms with van der Waals surface area (Å²) >= 11 is 0. The van der Waals surface area contributed by atoms with E-state index in [1.54, 1.807) is 6.20 Å². The van der Waals surface area contributed by atoms with Crippen molar-refractivity contribution in [3.05, 3.63) is 36.0 Å². The van der Waals surface area contributed by atoms with Gasteiger partial charge in [0.25, 0.3) is 0 Å². The van der Waals surface area contributed by atoms with Gasteiger partial charge in [-0.25, -0.2) is 0 Å². The van der Waals surface area contributed by atoms with Crippen molar-refractivity contribution < 1.29 is 0 Å². The van der Waals surface area contributed by atoms with E-state index in [0.717, 1.165) is 29.6 Å². The summed E-state index contributed by atoms with van der Waals surface area (Å²) < 4.78 is 0. The van der Waals surface area contributed by atoms with Gasteiger partial charge in [0.15, 0.2) is 0 Å². The lowest BCUT2D eigenvalue weighted by molar-refractivity contribution is 0.627. The molecule has 0 N–H and O–H groups in total. The maximum absolute atomic E-state index is 9.46. The maximum atomic E-state index is 9.46. The van der Waals surface area contributed by atoms with Gasteiger partial charge in [0, 0.05) is 24.2 Å². The summed E-state index contributed by atoms with van der Waals surface area (Å²) in [7, 11) is 0. The molecule has 0 saturated heterocycles. The number of nitriles is 1. The lowest BCUT2D eigenvalue weighted by Gasteiger charge is -2.30. The Morgan fingerprint density at radius 1 is 1.24 bits per heavy atom. The Morgan fingerprint density at radius 3 is 2.67 bits per heavy atom. The standard InChI is InChI=1S/C18H23N3/c1-4-5-8-11-21(14(2)3)18-15(12-19)13-20-17-10-7-6-9-16(17)18/h6-7,9-10,13-14H,4-5,8,11H2,1-3H3. The zero-order valence-corrected chi connectivity index (χ0v) is 13.1. The molecule has 1 aromatic heterocycles. The van der Waals surface area contributed by atoms with E-state index in [-0.39, 0.29) is 0 Å². The highest BCUT2D eigenvalue weighted by molar-refractivity contribution is 5.94. The molecule has 1 aromatic carbocycles. The van der Waals surface area contributed by atoms with Crippen molar-refractivity contribution in [2.24, 2.45) is 0 Å². The molecule has 2 aromatic rings. The molecule has 0 aliphatic carbocycles. The Labute approximate surface area is 127 Å². The second-order valence-electron chi connectivity index (χ2n) is 5.64. The molecule has 0 aliphatic rings. The van der Waals surface area contributed by atoms with Crippen LogP contribution in [0.25, 0.3) is 10.9 Å². The van der Waals surface area contributed by atoms with Crippen LogP contribution >= 0.6 is 0 Å². The number of aromatic nitrogens is 1. The van der Waals surface area contributed by atoms with Crippen molar-refractivity contribution in [1.82, 2.24) is 4.98 Å². The van der Waals surface area contributed by atoms with E-state index >= 15 is 0 Å². The minimum Gasteiger partial charge on any atom is -0.367 e. The van der Waals surface area contributed by atoms with E-state index in [9.17, 15) is 5.26 Å². The number of hydrogen-bond donors (Lipinski definition) is 0. The van der Waals surface area contributed by atoms with Gasteiger partial charge in [0.1, 0.15) is 6.07 Å². The van der Waals surface area contributed by atoms with Gasteiger partial charge in [0.2, 0.25) is 0 Å². The second-order valence-corrected chi connectivity index (χ2v) is 5.64. The molecule has 110 valence electrons. The molecule has 1 heterocycles. The summed E-state index contributed by atoms with van der Waals surface area (Å²) in [5.74, 6) is 0. The minimum absolute atomic E-state index is 0.361. The quantitative estimate of drug-likeness (QED) is 0.731. The first-order valence-corrected chi connectivity index (χ1v) is 7.73.